The molecule has 1 heterocycles. The van der Waals surface area contributed by atoms with Crippen LogP contribution in [0.2, 0.25) is 0 Å². The molecule has 3 rings (SSSR count). The van der Waals surface area contributed by atoms with Gasteiger partial charge in [-0.3, -0.25) is 0 Å². The third-order valence-corrected chi connectivity index (χ3v) is 5.83. The van der Waals surface area contributed by atoms with Crippen molar-refractivity contribution in [1.29, 1.82) is 0 Å². The normalized spacial score (nSPS) is 17.7. The van der Waals surface area contributed by atoms with Crippen LogP contribution >= 0.6 is 0 Å². The predicted octanol–water partition coefficient (Wildman–Crippen LogP) is 2.78. The Hall–Kier alpha value is -2.12. The van der Waals surface area contributed by atoms with E-state index in [0.717, 1.165) is 31.1 Å². The Morgan fingerprint density at radius 3 is 2.72 bits per heavy atom. The first-order valence-electron chi connectivity index (χ1n) is 8.16. The summed E-state index contributed by atoms with van der Waals surface area (Å²) >= 11 is 0. The van der Waals surface area contributed by atoms with Crippen molar-refractivity contribution >= 4 is 15.7 Å². The first-order chi connectivity index (χ1) is 12.0. The Labute approximate surface area is 147 Å². The number of nitrogens with one attached hydrogen (secondary N) is 1. The van der Waals surface area contributed by atoms with E-state index in [4.69, 9.17) is 4.74 Å². The van der Waals surface area contributed by atoms with Crippen molar-refractivity contribution in [1.82, 2.24) is 4.72 Å². The van der Waals surface area contributed by atoms with Gasteiger partial charge in [-0.05, 0) is 43.2 Å². The smallest absolute Gasteiger partial charge is 0.244 e. The van der Waals surface area contributed by atoms with E-state index in [1.807, 2.05) is 30.3 Å². The van der Waals surface area contributed by atoms with E-state index in [9.17, 15) is 12.8 Å². The summed E-state index contributed by atoms with van der Waals surface area (Å²) in [4.78, 5) is 2.02. The zero-order chi connectivity index (χ0) is 17.9. The van der Waals surface area contributed by atoms with Gasteiger partial charge in [-0.15, -0.1) is 0 Å². The van der Waals surface area contributed by atoms with Crippen LogP contribution < -0.4 is 14.4 Å². The van der Waals surface area contributed by atoms with E-state index in [2.05, 4.69) is 9.62 Å². The molecule has 1 saturated heterocycles. The van der Waals surface area contributed by atoms with Crippen LogP contribution in [0, 0.1) is 5.82 Å². The van der Waals surface area contributed by atoms with Gasteiger partial charge in [0.1, 0.15) is 16.5 Å². The van der Waals surface area contributed by atoms with Gasteiger partial charge in [-0.1, -0.05) is 18.2 Å². The van der Waals surface area contributed by atoms with Gasteiger partial charge in [-0.2, -0.15) is 0 Å². The number of nitrogens with zero attached hydrogens (tertiary/aromatic N) is 1. The van der Waals surface area contributed by atoms with Crippen LogP contribution in [0.25, 0.3) is 0 Å². The van der Waals surface area contributed by atoms with Crippen molar-refractivity contribution in [3.8, 4) is 5.75 Å². The van der Waals surface area contributed by atoms with Crippen LogP contribution in [0.15, 0.2) is 53.4 Å². The predicted molar refractivity (Wildman–Crippen MR) is 95.0 cm³/mol. The maximum absolute atomic E-state index is 13.5. The number of methoxy groups -OCH3 is 1. The molecule has 0 amide bonds. The fourth-order valence-electron chi connectivity index (χ4n) is 3.15. The number of ether oxygens (including phenoxy) is 1. The average molecular weight is 364 g/mol. The van der Waals surface area contributed by atoms with Gasteiger partial charge in [0.05, 0.1) is 7.11 Å². The van der Waals surface area contributed by atoms with Gasteiger partial charge in [0, 0.05) is 24.8 Å². The van der Waals surface area contributed by atoms with E-state index in [1.54, 1.807) is 0 Å². The molecule has 25 heavy (non-hydrogen) atoms. The maximum Gasteiger partial charge on any atom is 0.244 e. The van der Waals surface area contributed by atoms with Crippen LogP contribution in [0.5, 0.6) is 5.75 Å². The zero-order valence-electron chi connectivity index (χ0n) is 14.0. The van der Waals surface area contributed by atoms with Gasteiger partial charge in [0.15, 0.2) is 0 Å². The molecule has 1 N–H and O–H groups in total. The van der Waals surface area contributed by atoms with Crippen LogP contribution in [0.3, 0.4) is 0 Å². The van der Waals surface area contributed by atoms with Gasteiger partial charge in [0.2, 0.25) is 10.0 Å². The Kier molecular flexibility index (Phi) is 5.24. The molecule has 0 spiro atoms. The molecule has 1 atom stereocenters. The number of hydrogen-bond acceptors (Lipinski definition) is 4. The van der Waals surface area contributed by atoms with Crippen LogP contribution in [-0.4, -0.2) is 34.7 Å². The quantitative estimate of drug-likeness (QED) is 0.856. The minimum atomic E-state index is -3.86. The molecule has 1 fully saturated rings. The first kappa shape index (κ1) is 17.7. The monoisotopic (exact) mass is 364 g/mol. The lowest BCUT2D eigenvalue weighted by Gasteiger charge is -2.27. The second-order valence-electron chi connectivity index (χ2n) is 5.97. The van der Waals surface area contributed by atoms with Crippen LogP contribution in [-0.2, 0) is 10.0 Å². The summed E-state index contributed by atoms with van der Waals surface area (Å²) < 4.78 is 46.3. The first-order valence-corrected chi connectivity index (χ1v) is 9.64. The molecule has 2 aromatic carbocycles. The summed E-state index contributed by atoms with van der Waals surface area (Å²) in [5, 5.41) is 0. The average Bonchev–Trinajstić information content (AvgIpc) is 3.09. The SMILES string of the molecule is COc1ccc(F)cc1S(=O)(=O)NCC1CCCN1c1ccccc1. The highest BCUT2D eigenvalue weighted by molar-refractivity contribution is 7.89. The van der Waals surface area contributed by atoms with Crippen molar-refractivity contribution in [3.63, 3.8) is 0 Å². The van der Waals surface area contributed by atoms with Crippen LogP contribution in [0.1, 0.15) is 12.8 Å². The fourth-order valence-corrected chi connectivity index (χ4v) is 4.40. The summed E-state index contributed by atoms with van der Waals surface area (Å²) in [7, 11) is -2.50. The van der Waals surface area contributed by atoms with Crippen molar-refractivity contribution < 1.29 is 17.5 Å². The lowest BCUT2D eigenvalue weighted by atomic mass is 10.2. The van der Waals surface area contributed by atoms with Gasteiger partial charge in [0.25, 0.3) is 0 Å². The van der Waals surface area contributed by atoms with E-state index in [1.165, 1.54) is 19.2 Å². The molecule has 0 bridgehead atoms. The molecule has 1 aliphatic heterocycles. The molecular formula is C18H21FN2O3S. The molecule has 1 aliphatic rings. The third-order valence-electron chi connectivity index (χ3n) is 4.39. The van der Waals surface area contributed by atoms with Gasteiger partial charge in [-0.25, -0.2) is 17.5 Å². The number of sulfonamides is 1. The third kappa shape index (κ3) is 3.93. The number of anilines is 1. The number of halogens is 1. The lowest BCUT2D eigenvalue weighted by Crippen LogP contribution is -2.40. The molecular weight excluding hydrogens is 343 g/mol. The van der Waals surface area contributed by atoms with Crippen molar-refractivity contribution in [2.45, 2.75) is 23.8 Å². The molecule has 134 valence electrons. The summed E-state index contributed by atoms with van der Waals surface area (Å²) in [5.41, 5.74) is 1.08. The highest BCUT2D eigenvalue weighted by Gasteiger charge is 2.27. The number of hydrogen-bond donors (Lipinski definition) is 1. The summed E-state index contributed by atoms with van der Waals surface area (Å²) in [6.07, 6.45) is 1.91. The van der Waals surface area contributed by atoms with Gasteiger partial charge < -0.3 is 9.64 Å². The number of rotatable bonds is 6. The Morgan fingerprint density at radius 1 is 1.24 bits per heavy atom. The second-order valence-corrected chi connectivity index (χ2v) is 7.71. The van der Waals surface area contributed by atoms with Crippen molar-refractivity contribution in [2.75, 3.05) is 25.1 Å². The largest absolute Gasteiger partial charge is 0.495 e. The standard InChI is InChI=1S/C18H21FN2O3S/c1-24-17-10-9-14(19)12-18(17)25(22,23)20-13-16-8-5-11-21(16)15-6-3-2-4-7-15/h2-4,6-7,9-10,12,16,20H,5,8,11,13H2,1H3. The van der Waals surface area contributed by atoms with Crippen molar-refractivity contribution in [2.24, 2.45) is 0 Å². The summed E-state index contributed by atoms with van der Waals surface area (Å²) in [6, 6.07) is 13.4. The minimum absolute atomic E-state index is 0.0664. The Bertz CT molecular complexity index is 827. The highest BCUT2D eigenvalue weighted by atomic mass is 32.2. The van der Waals surface area contributed by atoms with Gasteiger partial charge >= 0.3 is 0 Å². The van der Waals surface area contributed by atoms with E-state index in [-0.39, 0.29) is 23.2 Å². The number of para-hydroxylation sites is 1. The second kappa shape index (κ2) is 7.41. The molecule has 1 unspecified atom stereocenters. The molecule has 0 radical (unpaired) electrons. The van der Waals surface area contributed by atoms with E-state index in [0.29, 0.717) is 0 Å². The molecule has 0 aliphatic carbocycles. The Morgan fingerprint density at radius 2 is 2.00 bits per heavy atom. The molecule has 5 nitrogen and oxygen atoms in total. The van der Waals surface area contributed by atoms with Crippen LogP contribution in [0.4, 0.5) is 10.1 Å². The minimum Gasteiger partial charge on any atom is -0.495 e. The molecule has 0 aromatic heterocycles. The topological polar surface area (TPSA) is 58.6 Å². The summed E-state index contributed by atoms with van der Waals surface area (Å²) in [6.45, 7) is 1.15. The molecule has 0 saturated carbocycles. The van der Waals surface area contributed by atoms with E-state index >= 15 is 0 Å². The highest BCUT2D eigenvalue weighted by Crippen LogP contribution is 2.27. The maximum atomic E-state index is 13.5. The Balaban J connectivity index is 1.75. The summed E-state index contributed by atoms with van der Waals surface area (Å²) in [5.74, 6) is -0.492. The lowest BCUT2D eigenvalue weighted by molar-refractivity contribution is 0.400. The number of benzene rings is 2. The van der Waals surface area contributed by atoms with E-state index < -0.39 is 15.8 Å². The fraction of sp³-hybridized carbons (Fsp3) is 0.333. The molecule has 2 aromatic rings. The molecule has 7 heteroatoms. The zero-order valence-corrected chi connectivity index (χ0v) is 14.8. The van der Waals surface area contributed by atoms with Crippen molar-refractivity contribution in [3.05, 3.63) is 54.3 Å².